The van der Waals surface area contributed by atoms with Gasteiger partial charge in [0.25, 0.3) is 0 Å². The molecule has 1 N–H and O–H groups in total. The van der Waals surface area contributed by atoms with Crippen LogP contribution in [0.3, 0.4) is 0 Å². The molecule has 2 aliphatic rings. The molecule has 0 amide bonds. The van der Waals surface area contributed by atoms with Crippen molar-refractivity contribution in [1.82, 2.24) is 10.2 Å². The van der Waals surface area contributed by atoms with Gasteiger partial charge in [0, 0.05) is 11.7 Å². The molecule has 128 valence electrons. The third kappa shape index (κ3) is 2.78. The number of nitrogens with one attached hydrogen (secondary N) is 1. The highest BCUT2D eigenvalue weighted by Gasteiger charge is 2.40. The first-order valence-electron chi connectivity index (χ1n) is 8.47. The molecule has 1 atom stereocenters. The van der Waals surface area contributed by atoms with Crippen molar-refractivity contribution in [2.45, 2.75) is 31.8 Å². The van der Waals surface area contributed by atoms with Crippen LogP contribution in [0.25, 0.3) is 10.8 Å². The monoisotopic (exact) mass is 352 g/mol. The standard InChI is InChI=1S/C20H20N2O2S/c1-12-17(19(23)24-2)18(21-20(25)22(12)16-9-10-16)15-8-7-13-5-3-4-6-14(13)11-15/h3-8,11,16,18H,9-10H2,1-2H3,(H,21,25)/t18-/m0/s1. The molecule has 0 bridgehead atoms. The second kappa shape index (κ2) is 6.15. The third-order valence-electron chi connectivity index (χ3n) is 4.95. The number of carbonyl (C=O) groups excluding carboxylic acids is 1. The van der Waals surface area contributed by atoms with Crippen LogP contribution in [0.1, 0.15) is 31.4 Å². The Kier molecular flexibility index (Phi) is 3.96. The number of ether oxygens (including phenoxy) is 1. The lowest BCUT2D eigenvalue weighted by Gasteiger charge is -2.37. The van der Waals surface area contributed by atoms with Crippen molar-refractivity contribution >= 4 is 34.1 Å². The predicted octanol–water partition coefficient (Wildman–Crippen LogP) is 3.68. The van der Waals surface area contributed by atoms with E-state index < -0.39 is 0 Å². The molecule has 4 nitrogen and oxygen atoms in total. The lowest BCUT2D eigenvalue weighted by molar-refractivity contribution is -0.136. The number of hydrogen-bond donors (Lipinski definition) is 1. The van der Waals surface area contributed by atoms with Crippen molar-refractivity contribution in [2.24, 2.45) is 0 Å². The second-order valence-corrected chi connectivity index (χ2v) is 6.97. The number of hydrogen-bond acceptors (Lipinski definition) is 3. The van der Waals surface area contributed by atoms with Gasteiger partial charge in [0.15, 0.2) is 5.11 Å². The van der Waals surface area contributed by atoms with Crippen LogP contribution in [0.4, 0.5) is 0 Å². The minimum Gasteiger partial charge on any atom is -0.466 e. The average molecular weight is 352 g/mol. The first-order valence-corrected chi connectivity index (χ1v) is 8.88. The van der Waals surface area contributed by atoms with Crippen LogP contribution in [-0.2, 0) is 9.53 Å². The van der Waals surface area contributed by atoms with E-state index in [1.54, 1.807) is 0 Å². The van der Waals surface area contributed by atoms with Gasteiger partial charge in [-0.3, -0.25) is 0 Å². The van der Waals surface area contributed by atoms with Crippen molar-refractivity contribution < 1.29 is 9.53 Å². The number of methoxy groups -OCH3 is 1. The van der Waals surface area contributed by atoms with E-state index in [0.29, 0.717) is 16.7 Å². The molecule has 0 aromatic heterocycles. The number of nitrogens with zero attached hydrogens (tertiary/aromatic N) is 1. The largest absolute Gasteiger partial charge is 0.466 e. The predicted molar refractivity (Wildman–Crippen MR) is 102 cm³/mol. The van der Waals surface area contributed by atoms with E-state index in [1.165, 1.54) is 12.5 Å². The van der Waals surface area contributed by atoms with E-state index in [-0.39, 0.29) is 12.0 Å². The third-order valence-corrected chi connectivity index (χ3v) is 5.27. The van der Waals surface area contributed by atoms with Crippen molar-refractivity contribution in [3.05, 3.63) is 59.3 Å². The Bertz CT molecular complexity index is 901. The van der Waals surface area contributed by atoms with Crippen molar-refractivity contribution in [3.63, 3.8) is 0 Å². The summed E-state index contributed by atoms with van der Waals surface area (Å²) in [5, 5.41) is 6.36. The fourth-order valence-corrected chi connectivity index (χ4v) is 3.95. The van der Waals surface area contributed by atoms with Crippen LogP contribution < -0.4 is 5.32 Å². The first kappa shape index (κ1) is 16.1. The topological polar surface area (TPSA) is 41.6 Å². The zero-order valence-corrected chi connectivity index (χ0v) is 15.1. The van der Waals surface area contributed by atoms with Gasteiger partial charge in [-0.15, -0.1) is 0 Å². The number of esters is 1. The quantitative estimate of drug-likeness (QED) is 0.674. The maximum atomic E-state index is 12.5. The zero-order valence-electron chi connectivity index (χ0n) is 14.3. The van der Waals surface area contributed by atoms with Gasteiger partial charge < -0.3 is 15.0 Å². The summed E-state index contributed by atoms with van der Waals surface area (Å²) in [6.45, 7) is 1.96. The maximum absolute atomic E-state index is 12.5. The summed E-state index contributed by atoms with van der Waals surface area (Å²) in [5.41, 5.74) is 2.55. The summed E-state index contributed by atoms with van der Waals surface area (Å²) in [7, 11) is 1.43. The van der Waals surface area contributed by atoms with Gasteiger partial charge in [0.1, 0.15) is 0 Å². The molecular formula is C20H20N2O2S. The Morgan fingerprint density at radius 3 is 2.60 bits per heavy atom. The Balaban J connectivity index is 1.83. The molecule has 4 rings (SSSR count). The van der Waals surface area contributed by atoms with Gasteiger partial charge in [0.05, 0.1) is 18.7 Å². The maximum Gasteiger partial charge on any atom is 0.337 e. The van der Waals surface area contributed by atoms with Gasteiger partial charge in [-0.05, 0) is 54.4 Å². The van der Waals surface area contributed by atoms with E-state index in [0.717, 1.165) is 29.5 Å². The van der Waals surface area contributed by atoms with Gasteiger partial charge in [-0.1, -0.05) is 36.4 Å². The Morgan fingerprint density at radius 2 is 1.92 bits per heavy atom. The number of benzene rings is 2. The summed E-state index contributed by atoms with van der Waals surface area (Å²) >= 11 is 5.60. The van der Waals surface area contributed by atoms with E-state index >= 15 is 0 Å². The molecule has 0 unspecified atom stereocenters. The summed E-state index contributed by atoms with van der Waals surface area (Å²) in [5.74, 6) is -0.309. The number of rotatable bonds is 3. The lowest BCUT2D eigenvalue weighted by atomic mass is 9.93. The van der Waals surface area contributed by atoms with Gasteiger partial charge in [-0.2, -0.15) is 0 Å². The SMILES string of the molecule is COC(=O)C1=C(C)N(C2CC2)C(=S)N[C@H]1c1ccc2ccccc2c1. The molecule has 1 saturated carbocycles. The molecule has 1 aliphatic heterocycles. The smallest absolute Gasteiger partial charge is 0.337 e. The summed E-state index contributed by atoms with van der Waals surface area (Å²) < 4.78 is 5.08. The molecular weight excluding hydrogens is 332 g/mol. The average Bonchev–Trinajstić information content (AvgIpc) is 3.45. The minimum atomic E-state index is -0.309. The molecule has 1 fully saturated rings. The van der Waals surface area contributed by atoms with Crippen molar-refractivity contribution in [2.75, 3.05) is 7.11 Å². The molecule has 2 aromatic carbocycles. The summed E-state index contributed by atoms with van der Waals surface area (Å²) in [6, 6.07) is 14.5. The Morgan fingerprint density at radius 1 is 1.20 bits per heavy atom. The lowest BCUT2D eigenvalue weighted by Crippen LogP contribution is -2.48. The molecule has 0 radical (unpaired) electrons. The van der Waals surface area contributed by atoms with Crippen molar-refractivity contribution in [3.8, 4) is 0 Å². The number of allylic oxidation sites excluding steroid dienone is 1. The Labute approximate surface area is 152 Å². The Hall–Kier alpha value is -2.40. The van der Waals surface area contributed by atoms with Gasteiger partial charge in [-0.25, -0.2) is 4.79 Å². The van der Waals surface area contributed by atoms with Crippen LogP contribution in [0, 0.1) is 0 Å². The summed E-state index contributed by atoms with van der Waals surface area (Å²) in [4.78, 5) is 14.6. The highest BCUT2D eigenvalue weighted by atomic mass is 32.1. The van der Waals surface area contributed by atoms with Crippen molar-refractivity contribution in [1.29, 1.82) is 0 Å². The zero-order chi connectivity index (χ0) is 17.6. The summed E-state index contributed by atoms with van der Waals surface area (Å²) in [6.07, 6.45) is 2.21. The highest BCUT2D eigenvalue weighted by Crippen LogP contribution is 2.38. The number of thiocarbonyl (C=S) groups is 1. The van der Waals surface area contributed by atoms with E-state index in [1.807, 2.05) is 25.1 Å². The first-order chi connectivity index (χ1) is 12.1. The van der Waals surface area contributed by atoms with Crippen LogP contribution in [0.2, 0.25) is 0 Å². The van der Waals surface area contributed by atoms with Crippen LogP contribution in [0.5, 0.6) is 0 Å². The van der Waals surface area contributed by atoms with Gasteiger partial charge >= 0.3 is 5.97 Å². The van der Waals surface area contributed by atoms with Crippen LogP contribution in [-0.4, -0.2) is 29.1 Å². The fourth-order valence-electron chi connectivity index (χ4n) is 3.54. The minimum absolute atomic E-state index is 0.292. The van der Waals surface area contributed by atoms with Crippen LogP contribution in [0.15, 0.2) is 53.7 Å². The molecule has 2 aromatic rings. The molecule has 5 heteroatoms. The molecule has 25 heavy (non-hydrogen) atoms. The normalized spacial score (nSPS) is 20.6. The highest BCUT2D eigenvalue weighted by molar-refractivity contribution is 7.80. The molecule has 1 heterocycles. The van der Waals surface area contributed by atoms with E-state index in [4.69, 9.17) is 17.0 Å². The van der Waals surface area contributed by atoms with Crippen LogP contribution >= 0.6 is 12.2 Å². The van der Waals surface area contributed by atoms with Gasteiger partial charge in [0.2, 0.25) is 0 Å². The number of carbonyl (C=O) groups is 1. The second-order valence-electron chi connectivity index (χ2n) is 6.58. The molecule has 0 spiro atoms. The fraction of sp³-hybridized carbons (Fsp3) is 0.300. The van der Waals surface area contributed by atoms with E-state index in [2.05, 4.69) is 34.5 Å². The molecule has 1 aliphatic carbocycles. The van der Waals surface area contributed by atoms with E-state index in [9.17, 15) is 4.79 Å². The molecule has 0 saturated heterocycles. The number of fused-ring (bicyclic) bond motifs is 1.